The molecule has 4 nitrogen and oxygen atoms in total. The number of esters is 1. The van der Waals surface area contributed by atoms with Crippen molar-refractivity contribution in [3.05, 3.63) is 59.7 Å². The van der Waals surface area contributed by atoms with E-state index in [0.29, 0.717) is 21.8 Å². The number of thiophene rings is 1. The van der Waals surface area contributed by atoms with Gasteiger partial charge >= 0.3 is 12.1 Å². The van der Waals surface area contributed by atoms with Crippen LogP contribution in [0.4, 0.5) is 18.2 Å². The Balaban J connectivity index is 2.25. The quantitative estimate of drug-likeness (QED) is 0.524. The van der Waals surface area contributed by atoms with Crippen LogP contribution in [0.25, 0.3) is 21.6 Å². The summed E-state index contributed by atoms with van der Waals surface area (Å²) in [6.45, 7) is 1.77. The van der Waals surface area contributed by atoms with Crippen LogP contribution in [-0.4, -0.2) is 19.7 Å². The molecule has 8 heteroatoms. The Morgan fingerprint density at radius 3 is 2.38 bits per heavy atom. The van der Waals surface area contributed by atoms with Crippen LogP contribution in [0.15, 0.2) is 48.5 Å². The lowest BCUT2D eigenvalue weighted by molar-refractivity contribution is -0.137. The minimum Gasteiger partial charge on any atom is -0.497 e. The SMILES string of the molecule is CCOC(=O)c1c(N)sc(-c2ccc(OC)cc2)c1-c1cccc(C(F)(F)F)c1. The molecule has 1 aromatic heterocycles. The van der Waals surface area contributed by atoms with E-state index in [-0.39, 0.29) is 22.7 Å². The number of carbonyl (C=O) groups excluding carboxylic acids is 1. The summed E-state index contributed by atoms with van der Waals surface area (Å²) in [5, 5.41) is 0.182. The van der Waals surface area contributed by atoms with E-state index < -0.39 is 17.7 Å². The minimum absolute atomic E-state index is 0.0713. The van der Waals surface area contributed by atoms with Gasteiger partial charge in [-0.25, -0.2) is 4.79 Å². The largest absolute Gasteiger partial charge is 0.497 e. The minimum atomic E-state index is -4.51. The molecule has 0 spiro atoms. The first-order chi connectivity index (χ1) is 13.8. The molecule has 0 radical (unpaired) electrons. The third-order valence-electron chi connectivity index (χ3n) is 4.25. The summed E-state index contributed by atoms with van der Waals surface area (Å²) in [4.78, 5) is 13.1. The summed E-state index contributed by atoms with van der Waals surface area (Å²) >= 11 is 1.12. The zero-order valence-electron chi connectivity index (χ0n) is 15.7. The Labute approximate surface area is 169 Å². The lowest BCUT2D eigenvalue weighted by atomic mass is 9.96. The van der Waals surface area contributed by atoms with Gasteiger partial charge in [-0.1, -0.05) is 12.1 Å². The van der Waals surface area contributed by atoms with Gasteiger partial charge < -0.3 is 15.2 Å². The van der Waals surface area contributed by atoms with Gasteiger partial charge in [-0.2, -0.15) is 13.2 Å². The number of nitrogen functional groups attached to an aromatic ring is 1. The molecule has 0 unspecified atom stereocenters. The Kier molecular flexibility index (Phi) is 5.83. The van der Waals surface area contributed by atoms with E-state index in [4.69, 9.17) is 15.2 Å². The molecule has 0 bridgehead atoms. The monoisotopic (exact) mass is 421 g/mol. The number of hydrogen-bond acceptors (Lipinski definition) is 5. The summed E-state index contributed by atoms with van der Waals surface area (Å²) in [6.07, 6.45) is -4.51. The van der Waals surface area contributed by atoms with Crippen molar-refractivity contribution >= 4 is 22.3 Å². The summed E-state index contributed by atoms with van der Waals surface area (Å²) in [6, 6.07) is 11.8. The average molecular weight is 421 g/mol. The second-order valence-electron chi connectivity index (χ2n) is 6.07. The number of alkyl halides is 3. The zero-order valence-corrected chi connectivity index (χ0v) is 16.5. The second kappa shape index (κ2) is 8.16. The maximum Gasteiger partial charge on any atom is 0.416 e. The normalized spacial score (nSPS) is 11.3. The Morgan fingerprint density at radius 2 is 1.79 bits per heavy atom. The number of halogens is 3. The molecule has 2 aromatic carbocycles. The van der Waals surface area contributed by atoms with Gasteiger partial charge in [-0.3, -0.25) is 0 Å². The van der Waals surface area contributed by atoms with Crippen LogP contribution < -0.4 is 10.5 Å². The molecule has 0 aliphatic carbocycles. The molecule has 0 saturated heterocycles. The van der Waals surface area contributed by atoms with Gasteiger partial charge in [-0.15, -0.1) is 11.3 Å². The van der Waals surface area contributed by atoms with Gasteiger partial charge in [0.1, 0.15) is 16.3 Å². The number of anilines is 1. The number of ether oxygens (including phenoxy) is 2. The van der Waals surface area contributed by atoms with Gasteiger partial charge in [0.05, 0.1) is 19.3 Å². The molecule has 3 rings (SSSR count). The number of benzene rings is 2. The maximum absolute atomic E-state index is 13.2. The fraction of sp³-hybridized carbons (Fsp3) is 0.190. The Bertz CT molecular complexity index is 1030. The molecule has 3 aromatic rings. The van der Waals surface area contributed by atoms with Crippen molar-refractivity contribution in [3.8, 4) is 27.3 Å². The van der Waals surface area contributed by atoms with Crippen molar-refractivity contribution in [2.45, 2.75) is 13.1 Å². The molecule has 0 aliphatic heterocycles. The number of methoxy groups -OCH3 is 1. The third kappa shape index (κ3) is 4.22. The lowest BCUT2D eigenvalue weighted by Crippen LogP contribution is -2.08. The van der Waals surface area contributed by atoms with E-state index in [1.54, 1.807) is 31.2 Å². The van der Waals surface area contributed by atoms with E-state index >= 15 is 0 Å². The van der Waals surface area contributed by atoms with Crippen molar-refractivity contribution in [2.75, 3.05) is 19.5 Å². The molecule has 152 valence electrons. The van der Waals surface area contributed by atoms with Crippen LogP contribution in [0.1, 0.15) is 22.8 Å². The summed E-state index contributed by atoms with van der Waals surface area (Å²) < 4.78 is 50.0. The summed E-state index contributed by atoms with van der Waals surface area (Å²) in [5.41, 5.74) is 6.62. The van der Waals surface area contributed by atoms with Gasteiger partial charge in [0.2, 0.25) is 0 Å². The maximum atomic E-state index is 13.2. The van der Waals surface area contributed by atoms with Gasteiger partial charge in [0, 0.05) is 10.4 Å². The molecule has 0 atom stereocenters. The molecule has 0 aliphatic rings. The van der Waals surface area contributed by atoms with Crippen LogP contribution in [0.3, 0.4) is 0 Å². The van der Waals surface area contributed by atoms with Gasteiger partial charge in [0.25, 0.3) is 0 Å². The fourth-order valence-electron chi connectivity index (χ4n) is 2.93. The molecular weight excluding hydrogens is 403 g/mol. The topological polar surface area (TPSA) is 61.5 Å². The summed E-state index contributed by atoms with van der Waals surface area (Å²) in [5.74, 6) is -0.0436. The number of rotatable bonds is 5. The highest BCUT2D eigenvalue weighted by Crippen LogP contribution is 2.46. The van der Waals surface area contributed by atoms with Gasteiger partial charge in [-0.05, 0) is 54.4 Å². The highest BCUT2D eigenvalue weighted by Gasteiger charge is 2.32. The third-order valence-corrected chi connectivity index (χ3v) is 5.31. The fourth-order valence-corrected chi connectivity index (χ4v) is 4.01. The number of nitrogens with two attached hydrogens (primary N) is 1. The molecule has 0 fully saturated rings. The highest BCUT2D eigenvalue weighted by atomic mass is 32.1. The van der Waals surface area contributed by atoms with Crippen LogP contribution in [0.5, 0.6) is 5.75 Å². The molecule has 0 amide bonds. The molecule has 0 saturated carbocycles. The van der Waals surface area contributed by atoms with Crippen molar-refractivity contribution < 1.29 is 27.4 Å². The molecule has 1 heterocycles. The standard InChI is InChI=1S/C21H18F3NO3S/c1-3-28-20(26)17-16(13-5-4-6-14(11-13)21(22,23)24)18(29-19(17)25)12-7-9-15(27-2)10-8-12/h4-11H,3,25H2,1-2H3. The van der Waals surface area contributed by atoms with E-state index in [1.807, 2.05) is 0 Å². The number of carbonyl (C=O) groups is 1. The van der Waals surface area contributed by atoms with E-state index in [0.717, 1.165) is 23.5 Å². The lowest BCUT2D eigenvalue weighted by Gasteiger charge is -2.12. The molecular formula is C21H18F3NO3S. The Hall–Kier alpha value is -3.00. The first-order valence-corrected chi connectivity index (χ1v) is 9.49. The van der Waals surface area contributed by atoms with E-state index in [1.165, 1.54) is 19.2 Å². The van der Waals surface area contributed by atoms with E-state index in [2.05, 4.69) is 0 Å². The van der Waals surface area contributed by atoms with Crippen molar-refractivity contribution in [2.24, 2.45) is 0 Å². The predicted molar refractivity (Wildman–Crippen MR) is 107 cm³/mol. The van der Waals surface area contributed by atoms with Crippen LogP contribution in [0, 0.1) is 0 Å². The van der Waals surface area contributed by atoms with Gasteiger partial charge in [0.15, 0.2) is 0 Å². The Morgan fingerprint density at radius 1 is 1.10 bits per heavy atom. The molecule has 29 heavy (non-hydrogen) atoms. The van der Waals surface area contributed by atoms with Crippen molar-refractivity contribution in [1.82, 2.24) is 0 Å². The first kappa shape index (κ1) is 20.7. The molecule has 2 N–H and O–H groups in total. The summed E-state index contributed by atoms with van der Waals surface area (Å²) in [7, 11) is 1.53. The van der Waals surface area contributed by atoms with Crippen LogP contribution in [-0.2, 0) is 10.9 Å². The first-order valence-electron chi connectivity index (χ1n) is 8.67. The number of hydrogen-bond donors (Lipinski definition) is 1. The van der Waals surface area contributed by atoms with Crippen LogP contribution >= 0.6 is 11.3 Å². The highest BCUT2D eigenvalue weighted by molar-refractivity contribution is 7.20. The second-order valence-corrected chi connectivity index (χ2v) is 7.13. The predicted octanol–water partition coefficient (Wildman–Crippen LogP) is 5.87. The zero-order chi connectivity index (χ0) is 21.2. The van der Waals surface area contributed by atoms with Crippen molar-refractivity contribution in [3.63, 3.8) is 0 Å². The van der Waals surface area contributed by atoms with E-state index in [9.17, 15) is 18.0 Å². The van der Waals surface area contributed by atoms with Crippen molar-refractivity contribution in [1.29, 1.82) is 0 Å². The van der Waals surface area contributed by atoms with Crippen LogP contribution in [0.2, 0.25) is 0 Å². The average Bonchev–Trinajstić information content (AvgIpc) is 3.05. The smallest absolute Gasteiger partial charge is 0.416 e.